The van der Waals surface area contributed by atoms with Crippen LogP contribution in [0.4, 0.5) is 11.4 Å². The van der Waals surface area contributed by atoms with Crippen LogP contribution < -0.4 is 16.0 Å². The number of rotatable bonds is 6. The largest absolute Gasteiger partial charge is 0.366 e. The Balaban J connectivity index is 1.78. The van der Waals surface area contributed by atoms with Gasteiger partial charge in [0.15, 0.2) is 0 Å². The summed E-state index contributed by atoms with van der Waals surface area (Å²) in [6.07, 6.45) is 4.21. The highest BCUT2D eigenvalue weighted by Gasteiger charge is 2.32. The van der Waals surface area contributed by atoms with Crippen LogP contribution in [0, 0.1) is 22.0 Å². The van der Waals surface area contributed by atoms with Crippen LogP contribution in [0.1, 0.15) is 43.0 Å². The Labute approximate surface area is 147 Å². The van der Waals surface area contributed by atoms with Crippen molar-refractivity contribution in [2.45, 2.75) is 38.6 Å². The number of nitrogens with two attached hydrogens (primary N) is 1. The van der Waals surface area contributed by atoms with Gasteiger partial charge in [-0.1, -0.05) is 6.92 Å². The molecule has 1 aromatic rings. The van der Waals surface area contributed by atoms with Crippen molar-refractivity contribution in [3.05, 3.63) is 33.9 Å². The minimum atomic E-state index is -0.397. The number of hydrogen-bond acceptors (Lipinski definition) is 5. The minimum absolute atomic E-state index is 0.00192. The molecule has 2 fully saturated rings. The standard InChI is InChI=1S/C18H26N4O3/c1-12-6-8-21(9-7-12)16-5-4-14(10-17(16)22(24)25)18(23)20-15(11-19)13-2-3-13/h4-5,10,12-13,15H,2-3,6-9,11,19H2,1H3,(H,20,23). The lowest BCUT2D eigenvalue weighted by molar-refractivity contribution is -0.384. The fraction of sp³-hybridized carbons (Fsp3) is 0.611. The zero-order valence-electron chi connectivity index (χ0n) is 14.6. The molecule has 0 radical (unpaired) electrons. The van der Waals surface area contributed by atoms with Gasteiger partial charge in [0.1, 0.15) is 5.69 Å². The van der Waals surface area contributed by atoms with Gasteiger partial charge in [-0.05, 0) is 49.7 Å². The maximum atomic E-state index is 12.4. The van der Waals surface area contributed by atoms with Gasteiger partial charge in [-0.2, -0.15) is 0 Å². The number of carbonyl (C=O) groups excluding carboxylic acids is 1. The van der Waals surface area contributed by atoms with Gasteiger partial charge in [0.2, 0.25) is 0 Å². The third kappa shape index (κ3) is 4.10. The zero-order valence-corrected chi connectivity index (χ0v) is 14.6. The van der Waals surface area contributed by atoms with Gasteiger partial charge in [-0.15, -0.1) is 0 Å². The average molecular weight is 346 g/mol. The van der Waals surface area contributed by atoms with Crippen LogP contribution in [-0.4, -0.2) is 36.5 Å². The van der Waals surface area contributed by atoms with Crippen molar-refractivity contribution in [3.8, 4) is 0 Å². The number of nitrogens with zero attached hydrogens (tertiary/aromatic N) is 2. The maximum absolute atomic E-state index is 12.4. The maximum Gasteiger partial charge on any atom is 0.293 e. The van der Waals surface area contributed by atoms with Crippen LogP contribution in [0.5, 0.6) is 0 Å². The Morgan fingerprint density at radius 2 is 2.04 bits per heavy atom. The van der Waals surface area contributed by atoms with Crippen LogP contribution in [0.3, 0.4) is 0 Å². The Morgan fingerprint density at radius 3 is 2.60 bits per heavy atom. The summed E-state index contributed by atoms with van der Waals surface area (Å²) >= 11 is 0. The molecule has 1 amide bonds. The van der Waals surface area contributed by atoms with E-state index in [1.807, 2.05) is 4.90 Å². The number of carbonyl (C=O) groups is 1. The molecule has 7 heteroatoms. The van der Waals surface area contributed by atoms with E-state index in [-0.39, 0.29) is 17.6 Å². The molecule has 25 heavy (non-hydrogen) atoms. The number of anilines is 1. The van der Waals surface area contributed by atoms with Crippen LogP contribution in [0.2, 0.25) is 0 Å². The summed E-state index contributed by atoms with van der Waals surface area (Å²) in [4.78, 5) is 25.6. The highest BCUT2D eigenvalue weighted by molar-refractivity contribution is 5.96. The number of nitrogens with one attached hydrogen (secondary N) is 1. The molecule has 1 aliphatic carbocycles. The molecule has 3 N–H and O–H groups in total. The number of nitro benzene ring substituents is 1. The zero-order chi connectivity index (χ0) is 18.0. The van der Waals surface area contributed by atoms with Gasteiger partial charge in [0, 0.05) is 37.3 Å². The second kappa shape index (κ2) is 7.39. The van der Waals surface area contributed by atoms with E-state index >= 15 is 0 Å². The second-order valence-electron chi connectivity index (χ2n) is 7.28. The summed E-state index contributed by atoms with van der Waals surface area (Å²) in [7, 11) is 0. The molecular formula is C18H26N4O3. The highest BCUT2D eigenvalue weighted by Crippen LogP contribution is 2.34. The van der Waals surface area contributed by atoms with Crippen molar-refractivity contribution >= 4 is 17.3 Å². The van der Waals surface area contributed by atoms with Crippen LogP contribution in [0.25, 0.3) is 0 Å². The monoisotopic (exact) mass is 346 g/mol. The van der Waals surface area contributed by atoms with Crippen molar-refractivity contribution < 1.29 is 9.72 Å². The Hall–Kier alpha value is -2.15. The summed E-state index contributed by atoms with van der Waals surface area (Å²) < 4.78 is 0. The molecule has 136 valence electrons. The first-order valence-corrected chi connectivity index (χ1v) is 9.04. The van der Waals surface area contributed by atoms with E-state index in [0.29, 0.717) is 29.6 Å². The molecule has 1 aromatic carbocycles. The number of hydrogen-bond donors (Lipinski definition) is 2. The SMILES string of the molecule is CC1CCN(c2ccc(C(=O)NC(CN)C3CC3)cc2[N+](=O)[O-])CC1. The lowest BCUT2D eigenvalue weighted by Crippen LogP contribution is -2.41. The molecule has 1 aliphatic heterocycles. The smallest absolute Gasteiger partial charge is 0.293 e. The van der Waals surface area contributed by atoms with E-state index in [1.54, 1.807) is 12.1 Å². The highest BCUT2D eigenvalue weighted by atomic mass is 16.6. The molecule has 1 heterocycles. The van der Waals surface area contributed by atoms with Crippen molar-refractivity contribution in [1.29, 1.82) is 0 Å². The lowest BCUT2D eigenvalue weighted by Gasteiger charge is -2.31. The van der Waals surface area contributed by atoms with Crippen LogP contribution in [-0.2, 0) is 0 Å². The van der Waals surface area contributed by atoms with Gasteiger partial charge in [-0.25, -0.2) is 0 Å². The van der Waals surface area contributed by atoms with Crippen LogP contribution >= 0.6 is 0 Å². The molecule has 1 atom stereocenters. The van der Waals surface area contributed by atoms with E-state index in [9.17, 15) is 14.9 Å². The first kappa shape index (κ1) is 17.7. The van der Waals surface area contributed by atoms with Crippen molar-refractivity contribution in [2.75, 3.05) is 24.5 Å². The molecular weight excluding hydrogens is 320 g/mol. The first-order valence-electron chi connectivity index (χ1n) is 9.04. The molecule has 1 unspecified atom stereocenters. The molecule has 0 bridgehead atoms. The third-order valence-corrected chi connectivity index (χ3v) is 5.32. The minimum Gasteiger partial charge on any atom is -0.366 e. The number of piperidine rings is 1. The topological polar surface area (TPSA) is 102 Å². The average Bonchev–Trinajstić information content (AvgIpc) is 3.44. The molecule has 0 spiro atoms. The van der Waals surface area contributed by atoms with E-state index in [1.165, 1.54) is 6.07 Å². The second-order valence-corrected chi connectivity index (χ2v) is 7.28. The summed E-state index contributed by atoms with van der Waals surface area (Å²) in [6.45, 7) is 4.21. The van der Waals surface area contributed by atoms with Gasteiger partial charge in [-0.3, -0.25) is 14.9 Å². The fourth-order valence-electron chi connectivity index (χ4n) is 3.45. The Bertz CT molecular complexity index is 652. The lowest BCUT2D eigenvalue weighted by atomic mass is 9.98. The predicted molar refractivity (Wildman–Crippen MR) is 96.7 cm³/mol. The number of amides is 1. The Morgan fingerprint density at radius 1 is 1.36 bits per heavy atom. The summed E-state index contributed by atoms with van der Waals surface area (Å²) in [5.74, 6) is 0.804. The van der Waals surface area contributed by atoms with Gasteiger partial charge in [0.05, 0.1) is 4.92 Å². The van der Waals surface area contributed by atoms with E-state index in [4.69, 9.17) is 5.73 Å². The van der Waals surface area contributed by atoms with E-state index < -0.39 is 4.92 Å². The molecule has 1 saturated carbocycles. The molecule has 3 rings (SSSR count). The van der Waals surface area contributed by atoms with Crippen molar-refractivity contribution in [1.82, 2.24) is 5.32 Å². The van der Waals surface area contributed by atoms with Crippen molar-refractivity contribution in [2.24, 2.45) is 17.6 Å². The number of benzene rings is 1. The molecule has 1 saturated heterocycles. The Kier molecular flexibility index (Phi) is 5.22. The quantitative estimate of drug-likeness (QED) is 0.608. The van der Waals surface area contributed by atoms with Gasteiger partial charge in [0.25, 0.3) is 11.6 Å². The third-order valence-electron chi connectivity index (χ3n) is 5.32. The summed E-state index contributed by atoms with van der Waals surface area (Å²) in [6, 6.07) is 4.73. The van der Waals surface area contributed by atoms with E-state index in [0.717, 1.165) is 38.8 Å². The first-order chi connectivity index (χ1) is 12.0. The summed E-state index contributed by atoms with van der Waals surface area (Å²) in [5.41, 5.74) is 6.64. The number of nitro groups is 1. The van der Waals surface area contributed by atoms with E-state index in [2.05, 4.69) is 12.2 Å². The van der Waals surface area contributed by atoms with Gasteiger partial charge >= 0.3 is 0 Å². The molecule has 7 nitrogen and oxygen atoms in total. The van der Waals surface area contributed by atoms with Gasteiger partial charge < -0.3 is 16.0 Å². The predicted octanol–water partition coefficient (Wildman–Crippen LogP) is 2.30. The van der Waals surface area contributed by atoms with Crippen molar-refractivity contribution in [3.63, 3.8) is 0 Å². The summed E-state index contributed by atoms with van der Waals surface area (Å²) in [5, 5.41) is 14.4. The normalized spacial score (nSPS) is 19.5. The molecule has 0 aromatic heterocycles. The molecule has 2 aliphatic rings. The fourth-order valence-corrected chi connectivity index (χ4v) is 3.45. The van der Waals surface area contributed by atoms with Crippen LogP contribution in [0.15, 0.2) is 18.2 Å².